The molecule has 0 saturated heterocycles. The number of aromatic amines is 1. The molecule has 5 N–H and O–H groups in total. The molecule has 0 bridgehead atoms. The minimum absolute atomic E-state index is 0.0665. The third kappa shape index (κ3) is 2.98. The van der Waals surface area contributed by atoms with Crippen molar-refractivity contribution in [2.45, 2.75) is 6.92 Å². The lowest BCUT2D eigenvalue weighted by Crippen LogP contribution is -2.25. The van der Waals surface area contributed by atoms with E-state index in [0.717, 1.165) is 0 Å². The molecule has 0 aliphatic rings. The Labute approximate surface area is 125 Å². The Morgan fingerprint density at radius 3 is 2.86 bits per heavy atom. The van der Waals surface area contributed by atoms with E-state index in [2.05, 4.69) is 27.5 Å². The van der Waals surface area contributed by atoms with E-state index in [9.17, 15) is 9.90 Å². The Bertz CT molecular complexity index is 799. The number of benzene rings is 1. The lowest BCUT2D eigenvalue weighted by atomic mass is 10.0. The summed E-state index contributed by atoms with van der Waals surface area (Å²) < 4.78 is 0. The molecule has 8 heteroatoms. The molecule has 0 unspecified atom stereocenters. The fraction of sp³-hybridized carbons (Fsp3) is 0.0769. The second-order valence-corrected chi connectivity index (χ2v) is 4.69. The highest BCUT2D eigenvalue weighted by Gasteiger charge is 2.13. The molecule has 1 aromatic carbocycles. The predicted octanol–water partition coefficient (Wildman–Crippen LogP) is 0.978. The van der Waals surface area contributed by atoms with Crippen LogP contribution in [0, 0.1) is 18.3 Å². The highest BCUT2D eigenvalue weighted by Crippen LogP contribution is 2.32. The highest BCUT2D eigenvalue weighted by molar-refractivity contribution is 7.80. The number of rotatable bonds is 2. The van der Waals surface area contributed by atoms with E-state index in [-0.39, 0.29) is 16.7 Å². The fourth-order valence-electron chi connectivity index (χ4n) is 1.90. The summed E-state index contributed by atoms with van der Waals surface area (Å²) in [4.78, 5) is 18.2. The number of phenolic OH excluding ortho intramolecular Hbond substituents is 1. The van der Waals surface area contributed by atoms with Gasteiger partial charge in [0.2, 0.25) is 0 Å². The summed E-state index contributed by atoms with van der Waals surface area (Å²) in [5, 5.41) is 21.3. The molecule has 1 aromatic heterocycles. The number of thiocarbonyl (C=S) groups is 1. The number of phenols is 1. The van der Waals surface area contributed by atoms with E-state index < -0.39 is 5.56 Å². The number of anilines is 1. The maximum absolute atomic E-state index is 11.6. The Hall–Kier alpha value is -2.92. The van der Waals surface area contributed by atoms with E-state index in [1.165, 1.54) is 12.3 Å². The molecule has 7 nitrogen and oxygen atoms in total. The first-order chi connectivity index (χ1) is 9.92. The molecule has 0 fully saturated rings. The molecular formula is C13H11N5O2S. The summed E-state index contributed by atoms with van der Waals surface area (Å²) in [5.41, 5.74) is 6.55. The van der Waals surface area contributed by atoms with Crippen molar-refractivity contribution < 1.29 is 5.11 Å². The van der Waals surface area contributed by atoms with Crippen molar-refractivity contribution in [2.24, 2.45) is 5.73 Å². The molecule has 0 amide bonds. The van der Waals surface area contributed by atoms with E-state index >= 15 is 0 Å². The molecule has 0 atom stereocenters. The van der Waals surface area contributed by atoms with Gasteiger partial charge in [0, 0.05) is 11.8 Å². The normalized spacial score (nSPS) is 9.90. The summed E-state index contributed by atoms with van der Waals surface area (Å²) in [7, 11) is 0. The van der Waals surface area contributed by atoms with Crippen molar-refractivity contribution in [3.63, 3.8) is 0 Å². The van der Waals surface area contributed by atoms with Gasteiger partial charge in [0.1, 0.15) is 5.75 Å². The first kappa shape index (κ1) is 14.5. The van der Waals surface area contributed by atoms with Gasteiger partial charge in [-0.2, -0.15) is 5.26 Å². The van der Waals surface area contributed by atoms with Crippen LogP contribution in [-0.2, 0) is 0 Å². The second-order valence-electron chi connectivity index (χ2n) is 4.25. The minimum Gasteiger partial charge on any atom is -0.507 e. The predicted molar refractivity (Wildman–Crippen MR) is 81.8 cm³/mol. The van der Waals surface area contributed by atoms with Crippen LogP contribution in [0.4, 0.5) is 5.82 Å². The molecule has 2 rings (SSSR count). The molecule has 0 aliphatic carbocycles. The van der Waals surface area contributed by atoms with Crippen LogP contribution >= 0.6 is 12.2 Å². The van der Waals surface area contributed by atoms with Crippen molar-refractivity contribution in [3.05, 3.63) is 39.8 Å². The molecule has 1 heterocycles. The van der Waals surface area contributed by atoms with Gasteiger partial charge in [-0.05, 0) is 36.8 Å². The SMILES string of the molecule is Cc1cc(C#N)cc(O)c1-c1c[nH]c(=O)c(NC(N)=S)n1. The molecular weight excluding hydrogens is 290 g/mol. The van der Waals surface area contributed by atoms with Gasteiger partial charge in [-0.1, -0.05) is 0 Å². The maximum atomic E-state index is 11.6. The molecule has 21 heavy (non-hydrogen) atoms. The van der Waals surface area contributed by atoms with Gasteiger partial charge >= 0.3 is 0 Å². The number of aromatic hydroxyl groups is 1. The van der Waals surface area contributed by atoms with Crippen molar-refractivity contribution >= 4 is 23.1 Å². The van der Waals surface area contributed by atoms with Gasteiger partial charge in [0.25, 0.3) is 5.56 Å². The number of aromatic nitrogens is 2. The van der Waals surface area contributed by atoms with Gasteiger partial charge in [0.05, 0.1) is 17.3 Å². The smallest absolute Gasteiger partial charge is 0.291 e. The Kier molecular flexibility index (Phi) is 3.86. The van der Waals surface area contributed by atoms with Gasteiger partial charge in [-0.15, -0.1) is 0 Å². The number of aryl methyl sites for hydroxylation is 1. The average Bonchev–Trinajstić information content (AvgIpc) is 2.40. The van der Waals surface area contributed by atoms with Crippen LogP contribution in [0.2, 0.25) is 0 Å². The lowest BCUT2D eigenvalue weighted by Gasteiger charge is -2.10. The topological polar surface area (TPSA) is 128 Å². The van der Waals surface area contributed by atoms with Crippen LogP contribution < -0.4 is 16.6 Å². The average molecular weight is 301 g/mol. The number of H-pyrrole nitrogens is 1. The first-order valence-corrected chi connectivity index (χ1v) is 6.23. The van der Waals surface area contributed by atoms with Gasteiger partial charge in [-0.3, -0.25) is 4.79 Å². The summed E-state index contributed by atoms with van der Waals surface area (Å²) in [6.07, 6.45) is 1.36. The van der Waals surface area contributed by atoms with Crippen LogP contribution in [0.25, 0.3) is 11.3 Å². The number of nitrogens with zero attached hydrogens (tertiary/aromatic N) is 2. The van der Waals surface area contributed by atoms with Crippen LogP contribution in [0.15, 0.2) is 23.1 Å². The van der Waals surface area contributed by atoms with Crippen LogP contribution in [0.5, 0.6) is 5.75 Å². The second kappa shape index (κ2) is 5.60. The van der Waals surface area contributed by atoms with Gasteiger partial charge in [0.15, 0.2) is 10.9 Å². The van der Waals surface area contributed by atoms with Crippen molar-refractivity contribution in [3.8, 4) is 23.1 Å². The third-order valence-corrected chi connectivity index (χ3v) is 2.83. The molecule has 0 spiro atoms. The summed E-state index contributed by atoms with van der Waals surface area (Å²) >= 11 is 4.67. The number of nitriles is 1. The summed E-state index contributed by atoms with van der Waals surface area (Å²) in [6.45, 7) is 1.73. The largest absolute Gasteiger partial charge is 0.507 e. The molecule has 2 aromatic rings. The van der Waals surface area contributed by atoms with E-state index in [4.69, 9.17) is 11.0 Å². The number of nitrogens with one attached hydrogen (secondary N) is 2. The minimum atomic E-state index is -0.489. The molecule has 0 radical (unpaired) electrons. The molecule has 0 aliphatic heterocycles. The van der Waals surface area contributed by atoms with Crippen LogP contribution in [0.3, 0.4) is 0 Å². The quantitative estimate of drug-likeness (QED) is 0.609. The first-order valence-electron chi connectivity index (χ1n) is 5.82. The van der Waals surface area contributed by atoms with E-state index in [0.29, 0.717) is 22.4 Å². The number of hydrogen-bond acceptors (Lipinski definition) is 5. The number of nitrogens with two attached hydrogens (primary N) is 1. The van der Waals surface area contributed by atoms with Crippen LogP contribution in [-0.4, -0.2) is 20.2 Å². The van der Waals surface area contributed by atoms with Gasteiger partial charge in [-0.25, -0.2) is 4.98 Å². The highest BCUT2D eigenvalue weighted by atomic mass is 32.1. The Balaban J connectivity index is 2.60. The Morgan fingerprint density at radius 1 is 1.57 bits per heavy atom. The number of hydrogen-bond donors (Lipinski definition) is 4. The zero-order valence-electron chi connectivity index (χ0n) is 11.0. The van der Waals surface area contributed by atoms with E-state index in [1.54, 1.807) is 13.0 Å². The van der Waals surface area contributed by atoms with E-state index in [1.807, 2.05) is 6.07 Å². The fourth-order valence-corrected chi connectivity index (χ4v) is 2.00. The Morgan fingerprint density at radius 2 is 2.29 bits per heavy atom. The monoisotopic (exact) mass is 301 g/mol. The third-order valence-electron chi connectivity index (χ3n) is 2.73. The van der Waals surface area contributed by atoms with Crippen molar-refractivity contribution in [2.75, 3.05) is 5.32 Å². The maximum Gasteiger partial charge on any atom is 0.291 e. The zero-order chi connectivity index (χ0) is 15.6. The summed E-state index contributed by atoms with van der Waals surface area (Å²) in [6, 6.07) is 4.89. The van der Waals surface area contributed by atoms with Crippen molar-refractivity contribution in [1.82, 2.24) is 9.97 Å². The standard InChI is InChI=1S/C13H11N5O2S/c1-6-2-7(4-14)3-9(19)10(6)8-5-16-12(20)11(17-8)18-13(15)21/h2-3,5,19H,1H3,(H,16,20)(H3,15,17,18,21). The molecule has 0 saturated carbocycles. The van der Waals surface area contributed by atoms with Crippen LogP contribution in [0.1, 0.15) is 11.1 Å². The zero-order valence-corrected chi connectivity index (χ0v) is 11.8. The molecule has 106 valence electrons. The van der Waals surface area contributed by atoms with Crippen molar-refractivity contribution in [1.29, 1.82) is 5.26 Å². The summed E-state index contributed by atoms with van der Waals surface area (Å²) in [5.74, 6) is -0.171. The lowest BCUT2D eigenvalue weighted by molar-refractivity contribution is 0.476. The van der Waals surface area contributed by atoms with Gasteiger partial charge < -0.3 is 21.1 Å².